The highest BCUT2D eigenvalue weighted by molar-refractivity contribution is 5.19. The topological polar surface area (TPSA) is 0 Å². The molecule has 6 saturated carbocycles. The fourth-order valence-corrected chi connectivity index (χ4v) is 11.5. The van der Waals surface area contributed by atoms with Gasteiger partial charge in [-0.05, 0) is 97.7 Å². The van der Waals surface area contributed by atoms with Crippen LogP contribution in [-0.4, -0.2) is 0 Å². The van der Waals surface area contributed by atoms with Crippen molar-refractivity contribution >= 4 is 0 Å². The molecule has 6 aliphatic rings. The summed E-state index contributed by atoms with van der Waals surface area (Å²) in [6.45, 7) is 0. The summed E-state index contributed by atoms with van der Waals surface area (Å²) in [6.07, 6.45) is 37.7. The minimum atomic E-state index is 0.670. The molecule has 0 aromatic rings. The van der Waals surface area contributed by atoms with Crippen LogP contribution in [0, 0.1) is 52.8 Å². The van der Waals surface area contributed by atoms with E-state index in [-0.39, 0.29) is 0 Å². The zero-order valence-electron chi connectivity index (χ0n) is 22.0. The highest BCUT2D eigenvalue weighted by atomic mass is 14.6. The van der Waals surface area contributed by atoms with Gasteiger partial charge in [-0.2, -0.15) is 0 Å². The quantitative estimate of drug-likeness (QED) is 0.372. The van der Waals surface area contributed by atoms with Gasteiger partial charge in [0, 0.05) is 0 Å². The molecule has 0 nitrogen and oxygen atoms in total. The Balaban J connectivity index is 1.42. The second-order valence-corrected chi connectivity index (χ2v) is 14.0. The maximum absolute atomic E-state index is 2.24. The summed E-state index contributed by atoms with van der Waals surface area (Å²) >= 11 is 0. The molecule has 0 aromatic heterocycles. The average Bonchev–Trinajstić information content (AvgIpc) is 3.22. The summed E-state index contributed by atoms with van der Waals surface area (Å²) in [7, 11) is 0. The van der Waals surface area contributed by atoms with E-state index in [4.69, 9.17) is 0 Å². The van der Waals surface area contributed by atoms with Gasteiger partial charge >= 0.3 is 0 Å². The predicted octanol–water partition coefficient (Wildman–Crippen LogP) is 10.3. The number of hydrogen-bond acceptors (Lipinski definition) is 0. The molecule has 6 rings (SSSR count). The molecule has 0 amide bonds. The molecular weight excluding hydrogens is 396 g/mol. The van der Waals surface area contributed by atoms with E-state index in [1.807, 2.05) is 0 Å². The van der Waals surface area contributed by atoms with Crippen LogP contribution in [0.5, 0.6) is 0 Å². The first kappa shape index (κ1) is 23.4. The van der Waals surface area contributed by atoms with E-state index in [1.54, 1.807) is 122 Å². The minimum Gasteiger partial charge on any atom is -0.0533 e. The molecule has 0 aromatic carbocycles. The third-order valence-electron chi connectivity index (χ3n) is 12.6. The lowest BCUT2D eigenvalue weighted by Gasteiger charge is -2.60. The summed E-state index contributed by atoms with van der Waals surface area (Å²) < 4.78 is 0. The van der Waals surface area contributed by atoms with E-state index in [0.29, 0.717) is 5.41 Å². The van der Waals surface area contributed by atoms with E-state index < -0.39 is 0 Å². The van der Waals surface area contributed by atoms with Gasteiger partial charge in [0.25, 0.3) is 0 Å². The molecule has 8 unspecified atom stereocenters. The van der Waals surface area contributed by atoms with E-state index in [1.165, 1.54) is 32.1 Å². The van der Waals surface area contributed by atoms with Crippen LogP contribution in [0.1, 0.15) is 154 Å². The summed E-state index contributed by atoms with van der Waals surface area (Å²) in [6, 6.07) is 0. The van der Waals surface area contributed by atoms with Crippen LogP contribution < -0.4 is 0 Å². The van der Waals surface area contributed by atoms with Crippen molar-refractivity contribution in [1.82, 2.24) is 0 Å². The van der Waals surface area contributed by atoms with Crippen LogP contribution in [0.2, 0.25) is 0 Å². The van der Waals surface area contributed by atoms with Gasteiger partial charge in [-0.3, -0.25) is 0 Å². The monoisotopic (exact) mass is 451 g/mol. The van der Waals surface area contributed by atoms with Gasteiger partial charge in [-0.1, -0.05) is 109 Å². The SMILES string of the molecule is C1CCCC2C(CC1)CC1CCCCC1C2C12CCCCC[C]1C1CCCCCC1CCC2. The van der Waals surface area contributed by atoms with Crippen molar-refractivity contribution in [1.29, 1.82) is 0 Å². The van der Waals surface area contributed by atoms with Crippen LogP contribution in [0.4, 0.5) is 0 Å². The summed E-state index contributed by atoms with van der Waals surface area (Å²) in [5.74, 6) is 9.84. The standard InChI is InChI=1S/C33H55/c1-2-7-19-29-26(15-5-1)24-27-16-10-11-20-30(27)32(29)33-22-12-4-9-21-31(33)28-18-8-3-6-14-25(28)17-13-23-33/h25-30,32H,1-24H2. The molecule has 6 fully saturated rings. The normalized spacial score (nSPS) is 47.8. The van der Waals surface area contributed by atoms with Gasteiger partial charge in [0.15, 0.2) is 0 Å². The fourth-order valence-electron chi connectivity index (χ4n) is 11.5. The van der Waals surface area contributed by atoms with Crippen molar-refractivity contribution < 1.29 is 0 Å². The van der Waals surface area contributed by atoms with E-state index >= 15 is 0 Å². The lowest BCUT2D eigenvalue weighted by molar-refractivity contribution is -0.0805. The molecule has 1 radical (unpaired) electrons. The highest BCUT2D eigenvalue weighted by Crippen LogP contribution is 2.67. The molecule has 187 valence electrons. The van der Waals surface area contributed by atoms with Gasteiger partial charge in [0.1, 0.15) is 0 Å². The summed E-state index contributed by atoms with van der Waals surface area (Å²) in [5.41, 5.74) is 0.670. The Hall–Kier alpha value is 0. The Bertz CT molecular complexity index is 622. The first-order chi connectivity index (χ1) is 16.4. The van der Waals surface area contributed by atoms with Crippen molar-refractivity contribution in [2.45, 2.75) is 154 Å². The average molecular weight is 452 g/mol. The van der Waals surface area contributed by atoms with Crippen molar-refractivity contribution in [2.75, 3.05) is 0 Å². The minimum absolute atomic E-state index is 0.670. The van der Waals surface area contributed by atoms with Crippen molar-refractivity contribution in [3.63, 3.8) is 0 Å². The Morgan fingerprint density at radius 1 is 0.455 bits per heavy atom. The first-order valence-electron chi connectivity index (χ1n) is 16.2. The Morgan fingerprint density at radius 2 is 1.00 bits per heavy atom. The smallest absolute Gasteiger partial charge is 0.0143 e. The largest absolute Gasteiger partial charge is 0.0533 e. The molecule has 6 aliphatic carbocycles. The molecule has 0 saturated heterocycles. The van der Waals surface area contributed by atoms with E-state index in [0.717, 1.165) is 41.4 Å². The lowest BCUT2D eigenvalue weighted by atomic mass is 9.44. The second kappa shape index (κ2) is 10.5. The molecule has 33 heavy (non-hydrogen) atoms. The van der Waals surface area contributed by atoms with Crippen LogP contribution in [0.15, 0.2) is 0 Å². The molecule has 0 aliphatic heterocycles. The van der Waals surface area contributed by atoms with Gasteiger partial charge in [0.05, 0.1) is 0 Å². The molecule has 0 bridgehead atoms. The lowest BCUT2D eigenvalue weighted by Crippen LogP contribution is -2.53. The van der Waals surface area contributed by atoms with Crippen LogP contribution >= 0.6 is 0 Å². The Kier molecular flexibility index (Phi) is 7.48. The molecule has 8 atom stereocenters. The van der Waals surface area contributed by atoms with Gasteiger partial charge in [-0.25, -0.2) is 0 Å². The van der Waals surface area contributed by atoms with Crippen molar-refractivity contribution in [2.24, 2.45) is 46.8 Å². The second-order valence-electron chi connectivity index (χ2n) is 14.0. The number of hydrogen-bond donors (Lipinski definition) is 0. The van der Waals surface area contributed by atoms with E-state index in [2.05, 4.69) is 5.92 Å². The maximum atomic E-state index is 2.24. The molecule has 0 spiro atoms. The highest BCUT2D eigenvalue weighted by Gasteiger charge is 2.58. The third-order valence-corrected chi connectivity index (χ3v) is 12.6. The number of rotatable bonds is 1. The summed E-state index contributed by atoms with van der Waals surface area (Å²) in [5, 5.41) is 0. The Labute approximate surface area is 206 Å². The van der Waals surface area contributed by atoms with Gasteiger partial charge in [0.2, 0.25) is 0 Å². The van der Waals surface area contributed by atoms with Crippen molar-refractivity contribution in [3.8, 4) is 0 Å². The third kappa shape index (κ3) is 4.50. The van der Waals surface area contributed by atoms with Crippen LogP contribution in [-0.2, 0) is 0 Å². The van der Waals surface area contributed by atoms with Crippen molar-refractivity contribution in [3.05, 3.63) is 5.92 Å². The zero-order chi connectivity index (χ0) is 22.1. The fraction of sp³-hybridized carbons (Fsp3) is 0.970. The van der Waals surface area contributed by atoms with Crippen LogP contribution in [0.3, 0.4) is 0 Å². The van der Waals surface area contributed by atoms with E-state index in [9.17, 15) is 0 Å². The van der Waals surface area contributed by atoms with Gasteiger partial charge in [-0.15, -0.1) is 0 Å². The molecule has 0 heteroatoms. The van der Waals surface area contributed by atoms with Crippen LogP contribution in [0.25, 0.3) is 0 Å². The number of fused-ring (bicyclic) bond motifs is 5. The van der Waals surface area contributed by atoms with Gasteiger partial charge < -0.3 is 0 Å². The molecular formula is C33H55. The predicted molar refractivity (Wildman–Crippen MR) is 141 cm³/mol. The molecule has 0 heterocycles. The molecule has 0 N–H and O–H groups in total. The maximum Gasteiger partial charge on any atom is -0.0143 e. The zero-order valence-corrected chi connectivity index (χ0v) is 22.0. The first-order valence-corrected chi connectivity index (χ1v) is 16.2. The Morgan fingerprint density at radius 3 is 1.82 bits per heavy atom. The summed E-state index contributed by atoms with van der Waals surface area (Å²) in [4.78, 5) is 0.